The van der Waals surface area contributed by atoms with E-state index < -0.39 is 0 Å². The molecule has 4 nitrogen and oxygen atoms in total. The van der Waals surface area contributed by atoms with Crippen molar-refractivity contribution < 1.29 is 5.11 Å². The van der Waals surface area contributed by atoms with Crippen molar-refractivity contribution in [2.24, 2.45) is 0 Å². The summed E-state index contributed by atoms with van der Waals surface area (Å²) in [5.74, 6) is 0. The summed E-state index contributed by atoms with van der Waals surface area (Å²) < 4.78 is 2.76. The van der Waals surface area contributed by atoms with Gasteiger partial charge >= 0.3 is 0 Å². The zero-order valence-corrected chi connectivity index (χ0v) is 14.5. The van der Waals surface area contributed by atoms with Crippen LogP contribution in [0, 0.1) is 0 Å². The molecule has 0 saturated heterocycles. The number of aliphatic hydroxyl groups is 1. The highest BCUT2D eigenvalue weighted by Crippen LogP contribution is 2.33. The first kappa shape index (κ1) is 14.1. The molecule has 3 aromatic heterocycles. The molecule has 22 heavy (non-hydrogen) atoms. The predicted molar refractivity (Wildman–Crippen MR) is 93.2 cm³/mol. The number of nitrogens with zero attached hydrogens (tertiary/aromatic N) is 3. The van der Waals surface area contributed by atoms with Gasteiger partial charge in [0.25, 0.3) is 0 Å². The molecular formula is C15H10BrN3OS2. The third-order valence-electron chi connectivity index (χ3n) is 3.30. The van der Waals surface area contributed by atoms with Gasteiger partial charge in [0.2, 0.25) is 4.96 Å². The first-order chi connectivity index (χ1) is 10.8. The Balaban J connectivity index is 1.87. The molecule has 0 aliphatic heterocycles. The molecule has 0 fully saturated rings. The summed E-state index contributed by atoms with van der Waals surface area (Å²) in [6.07, 6.45) is 0. The number of fused-ring (bicyclic) bond motifs is 1. The van der Waals surface area contributed by atoms with Gasteiger partial charge in [-0.2, -0.15) is 5.10 Å². The largest absolute Gasteiger partial charge is 0.390 e. The van der Waals surface area contributed by atoms with Crippen molar-refractivity contribution in [1.82, 2.24) is 14.6 Å². The van der Waals surface area contributed by atoms with Crippen LogP contribution in [0.1, 0.15) is 5.69 Å². The summed E-state index contributed by atoms with van der Waals surface area (Å²) in [5, 5.41) is 17.3. The van der Waals surface area contributed by atoms with Crippen molar-refractivity contribution in [3.63, 3.8) is 0 Å². The molecule has 0 atom stereocenters. The minimum Gasteiger partial charge on any atom is -0.390 e. The molecule has 0 radical (unpaired) electrons. The van der Waals surface area contributed by atoms with Gasteiger partial charge in [-0.05, 0) is 23.6 Å². The molecule has 0 bridgehead atoms. The van der Waals surface area contributed by atoms with Crippen LogP contribution in [-0.2, 0) is 6.61 Å². The Morgan fingerprint density at radius 2 is 2.00 bits per heavy atom. The third kappa shape index (κ3) is 2.30. The lowest BCUT2D eigenvalue weighted by Crippen LogP contribution is -1.95. The van der Waals surface area contributed by atoms with Crippen LogP contribution in [0.3, 0.4) is 0 Å². The summed E-state index contributed by atoms with van der Waals surface area (Å²) >= 11 is 6.61. The van der Waals surface area contributed by atoms with E-state index in [2.05, 4.69) is 26.0 Å². The average molecular weight is 392 g/mol. The Labute approximate surface area is 142 Å². The Morgan fingerprint density at radius 3 is 2.68 bits per heavy atom. The molecule has 110 valence electrons. The number of thiophene rings is 1. The van der Waals surface area contributed by atoms with Gasteiger partial charge in [-0.1, -0.05) is 45.5 Å². The fraction of sp³-hybridized carbons (Fsp3) is 0.0667. The molecule has 7 heteroatoms. The van der Waals surface area contributed by atoms with E-state index in [0.717, 1.165) is 36.3 Å². The normalized spacial score (nSPS) is 11.4. The molecule has 0 aliphatic carbocycles. The molecule has 1 aromatic carbocycles. The number of aliphatic hydroxyl groups excluding tert-OH is 1. The van der Waals surface area contributed by atoms with E-state index in [1.807, 2.05) is 41.8 Å². The summed E-state index contributed by atoms with van der Waals surface area (Å²) in [7, 11) is 0. The SMILES string of the molecule is OCc1c(-c2ccc(Br)cc2)nc2sc(-c3cccs3)nn12. The maximum absolute atomic E-state index is 9.76. The van der Waals surface area contributed by atoms with E-state index in [-0.39, 0.29) is 6.61 Å². The van der Waals surface area contributed by atoms with Gasteiger partial charge in [-0.25, -0.2) is 9.50 Å². The Morgan fingerprint density at radius 1 is 1.18 bits per heavy atom. The second-order valence-corrected chi connectivity index (χ2v) is 7.47. The van der Waals surface area contributed by atoms with Crippen molar-refractivity contribution in [1.29, 1.82) is 0 Å². The van der Waals surface area contributed by atoms with Crippen LogP contribution >= 0.6 is 38.6 Å². The lowest BCUT2D eigenvalue weighted by molar-refractivity contribution is 0.275. The molecule has 4 rings (SSSR count). The van der Waals surface area contributed by atoms with Crippen LogP contribution in [0.15, 0.2) is 46.3 Å². The average Bonchev–Trinajstić information content (AvgIpc) is 3.22. The van der Waals surface area contributed by atoms with Crippen molar-refractivity contribution in [3.8, 4) is 21.1 Å². The molecule has 0 amide bonds. The Kier molecular flexibility index (Phi) is 3.57. The van der Waals surface area contributed by atoms with Crippen LogP contribution in [0.25, 0.3) is 26.1 Å². The van der Waals surface area contributed by atoms with Crippen LogP contribution in [0.5, 0.6) is 0 Å². The molecule has 0 saturated carbocycles. The van der Waals surface area contributed by atoms with Gasteiger partial charge in [-0.3, -0.25) is 0 Å². The summed E-state index contributed by atoms with van der Waals surface area (Å²) in [6.45, 7) is -0.0970. The minimum absolute atomic E-state index is 0.0970. The van der Waals surface area contributed by atoms with E-state index in [0.29, 0.717) is 0 Å². The summed E-state index contributed by atoms with van der Waals surface area (Å²) in [5.41, 5.74) is 2.48. The topological polar surface area (TPSA) is 50.4 Å². The van der Waals surface area contributed by atoms with Crippen LogP contribution < -0.4 is 0 Å². The maximum Gasteiger partial charge on any atom is 0.213 e. The highest BCUT2D eigenvalue weighted by atomic mass is 79.9. The van der Waals surface area contributed by atoms with Crippen molar-refractivity contribution >= 4 is 43.6 Å². The summed E-state index contributed by atoms with van der Waals surface area (Å²) in [6, 6.07) is 11.9. The zero-order valence-electron chi connectivity index (χ0n) is 11.2. The lowest BCUT2D eigenvalue weighted by atomic mass is 10.1. The fourth-order valence-corrected chi connectivity index (χ4v) is 4.25. The van der Waals surface area contributed by atoms with Gasteiger partial charge < -0.3 is 5.11 Å². The molecule has 1 N–H and O–H groups in total. The Bertz CT molecular complexity index is 926. The van der Waals surface area contributed by atoms with Gasteiger partial charge in [0.15, 0.2) is 5.01 Å². The number of imidazole rings is 1. The van der Waals surface area contributed by atoms with Crippen molar-refractivity contribution in [2.75, 3.05) is 0 Å². The number of benzene rings is 1. The number of hydrogen-bond donors (Lipinski definition) is 1. The van der Waals surface area contributed by atoms with Crippen molar-refractivity contribution in [2.45, 2.75) is 6.61 Å². The van der Waals surface area contributed by atoms with Gasteiger partial charge in [0.1, 0.15) is 0 Å². The Hall–Kier alpha value is -1.54. The number of halogens is 1. The van der Waals surface area contributed by atoms with E-state index >= 15 is 0 Å². The lowest BCUT2D eigenvalue weighted by Gasteiger charge is -2.01. The predicted octanol–water partition coefficient (Wildman–Crippen LogP) is 4.44. The molecular weight excluding hydrogens is 382 g/mol. The fourth-order valence-electron chi connectivity index (χ4n) is 2.27. The molecule has 3 heterocycles. The van der Waals surface area contributed by atoms with Crippen LogP contribution in [0.4, 0.5) is 0 Å². The number of aromatic nitrogens is 3. The smallest absolute Gasteiger partial charge is 0.213 e. The van der Waals surface area contributed by atoms with Crippen LogP contribution in [0.2, 0.25) is 0 Å². The second-order valence-electron chi connectivity index (χ2n) is 4.65. The standard InChI is InChI=1S/C15H10BrN3OS2/c16-10-5-3-9(4-6-10)13-11(8-20)19-15(17-13)22-14(18-19)12-2-1-7-21-12/h1-7,20H,8H2. The van der Waals surface area contributed by atoms with Crippen LogP contribution in [-0.4, -0.2) is 19.7 Å². The highest BCUT2D eigenvalue weighted by Gasteiger charge is 2.18. The molecule has 0 unspecified atom stereocenters. The number of rotatable bonds is 3. The molecule has 0 aliphatic rings. The van der Waals surface area contributed by atoms with E-state index in [4.69, 9.17) is 0 Å². The first-order valence-electron chi connectivity index (χ1n) is 6.55. The third-order valence-corrected chi connectivity index (χ3v) is 5.77. The van der Waals surface area contributed by atoms with Gasteiger partial charge in [-0.15, -0.1) is 11.3 Å². The van der Waals surface area contributed by atoms with E-state index in [1.54, 1.807) is 15.9 Å². The van der Waals surface area contributed by atoms with Gasteiger partial charge in [0.05, 0.1) is 22.9 Å². The minimum atomic E-state index is -0.0970. The second kappa shape index (κ2) is 5.58. The zero-order chi connectivity index (χ0) is 15.1. The first-order valence-corrected chi connectivity index (χ1v) is 9.04. The van der Waals surface area contributed by atoms with E-state index in [1.165, 1.54) is 11.3 Å². The quantitative estimate of drug-likeness (QED) is 0.561. The maximum atomic E-state index is 9.76. The van der Waals surface area contributed by atoms with Crippen molar-refractivity contribution in [3.05, 3.63) is 51.9 Å². The molecule has 0 spiro atoms. The monoisotopic (exact) mass is 391 g/mol. The highest BCUT2D eigenvalue weighted by molar-refractivity contribution is 9.10. The number of hydrogen-bond acceptors (Lipinski definition) is 5. The molecule has 4 aromatic rings. The van der Waals surface area contributed by atoms with E-state index in [9.17, 15) is 5.11 Å². The summed E-state index contributed by atoms with van der Waals surface area (Å²) in [4.78, 5) is 6.57. The van der Waals surface area contributed by atoms with Gasteiger partial charge in [0, 0.05) is 10.0 Å².